The maximum atomic E-state index is 14.1. The van der Waals surface area contributed by atoms with E-state index >= 15 is 0 Å². The molecule has 2 heterocycles. The molecular formula is C35H33N3O3. The second kappa shape index (κ2) is 10.0. The zero-order chi connectivity index (χ0) is 28.1. The minimum absolute atomic E-state index is 0.0319. The highest BCUT2D eigenvalue weighted by Gasteiger charge is 2.36. The number of anilines is 2. The SMILES string of the molecule is CCn1c2ccccc2c2cc([C@@H]3Nc4ccccc4NC4=C3C(=O)C[C@H](c3ccc(OC)c(OC)c3)C4)ccc21. The molecule has 2 atom stereocenters. The first-order valence-corrected chi connectivity index (χ1v) is 14.2. The Kier molecular flexibility index (Phi) is 6.19. The number of aryl methyl sites for hydroxylation is 1. The van der Waals surface area contributed by atoms with Crippen molar-refractivity contribution in [2.45, 2.75) is 38.3 Å². The van der Waals surface area contributed by atoms with E-state index in [4.69, 9.17) is 9.47 Å². The van der Waals surface area contributed by atoms with Crippen molar-refractivity contribution in [3.05, 3.63) is 107 Å². The van der Waals surface area contributed by atoms with Crippen molar-refractivity contribution >= 4 is 39.0 Å². The molecule has 0 saturated heterocycles. The average molecular weight is 544 g/mol. The fraction of sp³-hybridized carbons (Fsp3) is 0.229. The Labute approximate surface area is 239 Å². The number of fused-ring (bicyclic) bond motifs is 4. The van der Waals surface area contributed by atoms with Gasteiger partial charge in [0.1, 0.15) is 0 Å². The Morgan fingerprint density at radius 1 is 0.780 bits per heavy atom. The molecule has 5 aromatic rings. The summed E-state index contributed by atoms with van der Waals surface area (Å²) in [5, 5.41) is 9.84. The number of methoxy groups -OCH3 is 2. The Hall–Kier alpha value is -4.71. The summed E-state index contributed by atoms with van der Waals surface area (Å²) in [7, 11) is 3.28. The number of hydrogen-bond acceptors (Lipinski definition) is 5. The van der Waals surface area contributed by atoms with Crippen molar-refractivity contribution in [2.24, 2.45) is 0 Å². The number of allylic oxidation sites excluding steroid dienone is 1. The van der Waals surface area contributed by atoms with Gasteiger partial charge < -0.3 is 24.7 Å². The fourth-order valence-corrected chi connectivity index (χ4v) is 6.68. The molecule has 0 unspecified atom stereocenters. The first kappa shape index (κ1) is 25.3. The van der Waals surface area contributed by atoms with Crippen LogP contribution in [0.3, 0.4) is 0 Å². The maximum Gasteiger partial charge on any atom is 0.163 e. The minimum Gasteiger partial charge on any atom is -0.493 e. The summed E-state index contributed by atoms with van der Waals surface area (Å²) in [4.78, 5) is 14.1. The molecule has 7 rings (SSSR count). The van der Waals surface area contributed by atoms with Crippen molar-refractivity contribution in [2.75, 3.05) is 24.9 Å². The Morgan fingerprint density at radius 2 is 1.51 bits per heavy atom. The zero-order valence-electron chi connectivity index (χ0n) is 23.5. The molecule has 6 heteroatoms. The molecule has 1 aromatic heterocycles. The van der Waals surface area contributed by atoms with E-state index in [1.54, 1.807) is 14.2 Å². The highest BCUT2D eigenvalue weighted by Crippen LogP contribution is 2.46. The standard InChI is InChI=1S/C35H33N3O3/c1-4-38-29-12-8-5-9-24(29)25-17-22(13-15-30(25)38)35-34-28(36-26-10-6-7-11-27(26)37-35)18-23(19-31(34)39)21-14-16-32(40-2)33(20-21)41-3/h5-17,20,23,35-37H,4,18-19H2,1-3H3/t23-,35+/m1/s1. The normalized spacial score (nSPS) is 18.4. The van der Waals surface area contributed by atoms with E-state index in [-0.39, 0.29) is 17.7 Å². The van der Waals surface area contributed by atoms with Crippen LogP contribution in [0, 0.1) is 0 Å². The number of rotatable bonds is 5. The summed E-state index contributed by atoms with van der Waals surface area (Å²) < 4.78 is 13.4. The van der Waals surface area contributed by atoms with Crippen LogP contribution < -0.4 is 20.1 Å². The molecule has 6 nitrogen and oxygen atoms in total. The summed E-state index contributed by atoms with van der Waals surface area (Å²) in [6.07, 6.45) is 1.16. The van der Waals surface area contributed by atoms with Gasteiger partial charge in [-0.1, -0.05) is 42.5 Å². The van der Waals surface area contributed by atoms with Crippen LogP contribution in [0.2, 0.25) is 0 Å². The lowest BCUT2D eigenvalue weighted by molar-refractivity contribution is -0.116. The Balaban J connectivity index is 1.36. The number of carbonyl (C=O) groups is 1. The summed E-state index contributed by atoms with van der Waals surface area (Å²) in [6, 6.07) is 29.1. The topological polar surface area (TPSA) is 64.5 Å². The molecule has 206 valence electrons. The van der Waals surface area contributed by atoms with Gasteiger partial charge in [-0.25, -0.2) is 0 Å². The quantitative estimate of drug-likeness (QED) is 0.237. The maximum absolute atomic E-state index is 14.1. The average Bonchev–Trinajstić information content (AvgIpc) is 3.22. The monoisotopic (exact) mass is 543 g/mol. The zero-order valence-corrected chi connectivity index (χ0v) is 23.5. The number of para-hydroxylation sites is 3. The van der Waals surface area contributed by atoms with Gasteiger partial charge in [0, 0.05) is 46.0 Å². The molecule has 2 aliphatic rings. The third-order valence-electron chi connectivity index (χ3n) is 8.63. The van der Waals surface area contributed by atoms with Gasteiger partial charge >= 0.3 is 0 Å². The van der Waals surface area contributed by atoms with Crippen molar-refractivity contribution in [1.82, 2.24) is 4.57 Å². The summed E-state index contributed by atoms with van der Waals surface area (Å²) in [5.41, 5.74) is 8.35. The van der Waals surface area contributed by atoms with E-state index in [0.717, 1.165) is 46.7 Å². The van der Waals surface area contributed by atoms with E-state index in [9.17, 15) is 4.79 Å². The van der Waals surface area contributed by atoms with Crippen LogP contribution in [0.15, 0.2) is 96.2 Å². The first-order valence-electron chi connectivity index (χ1n) is 14.2. The molecule has 0 bridgehead atoms. The van der Waals surface area contributed by atoms with Crippen molar-refractivity contribution < 1.29 is 14.3 Å². The van der Waals surface area contributed by atoms with E-state index in [1.807, 2.05) is 30.3 Å². The van der Waals surface area contributed by atoms with Crippen LogP contribution in [0.25, 0.3) is 21.8 Å². The second-order valence-electron chi connectivity index (χ2n) is 10.8. The van der Waals surface area contributed by atoms with Gasteiger partial charge in [0.05, 0.1) is 31.6 Å². The lowest BCUT2D eigenvalue weighted by Crippen LogP contribution is -2.26. The fourth-order valence-electron chi connectivity index (χ4n) is 6.68. The van der Waals surface area contributed by atoms with Gasteiger partial charge in [-0.05, 0) is 72.9 Å². The first-order chi connectivity index (χ1) is 20.1. The number of Topliss-reactive ketones (excluding diaryl/α,β-unsaturated/α-hetero) is 1. The van der Waals surface area contributed by atoms with Crippen LogP contribution in [-0.4, -0.2) is 24.6 Å². The van der Waals surface area contributed by atoms with Crippen LogP contribution in [-0.2, 0) is 11.3 Å². The molecule has 0 radical (unpaired) electrons. The van der Waals surface area contributed by atoms with Crippen molar-refractivity contribution in [3.63, 3.8) is 0 Å². The predicted molar refractivity (Wildman–Crippen MR) is 165 cm³/mol. The van der Waals surface area contributed by atoms with Crippen LogP contribution in [0.1, 0.15) is 42.9 Å². The van der Waals surface area contributed by atoms with E-state index in [0.29, 0.717) is 17.9 Å². The summed E-state index contributed by atoms with van der Waals surface area (Å²) in [6.45, 7) is 3.08. The predicted octanol–water partition coefficient (Wildman–Crippen LogP) is 7.81. The van der Waals surface area contributed by atoms with Crippen LogP contribution in [0.5, 0.6) is 11.5 Å². The third-order valence-corrected chi connectivity index (χ3v) is 8.63. The molecule has 0 fully saturated rings. The third kappa shape index (κ3) is 4.13. The van der Waals surface area contributed by atoms with Gasteiger partial charge in [0.2, 0.25) is 0 Å². The van der Waals surface area contributed by atoms with Crippen LogP contribution >= 0.6 is 0 Å². The number of ether oxygens (including phenoxy) is 2. The van der Waals surface area contributed by atoms with Gasteiger partial charge in [0.25, 0.3) is 0 Å². The lowest BCUT2D eigenvalue weighted by atomic mass is 9.78. The Morgan fingerprint density at radius 3 is 2.32 bits per heavy atom. The van der Waals surface area contributed by atoms with Gasteiger partial charge in [-0.15, -0.1) is 0 Å². The number of benzene rings is 4. The van der Waals surface area contributed by atoms with Crippen molar-refractivity contribution in [3.8, 4) is 11.5 Å². The molecular weight excluding hydrogens is 510 g/mol. The second-order valence-corrected chi connectivity index (χ2v) is 10.8. The molecule has 2 N–H and O–H groups in total. The summed E-state index contributed by atoms with van der Waals surface area (Å²) >= 11 is 0. The lowest BCUT2D eigenvalue weighted by Gasteiger charge is -2.30. The molecule has 0 amide bonds. The smallest absolute Gasteiger partial charge is 0.163 e. The van der Waals surface area contributed by atoms with Crippen molar-refractivity contribution in [1.29, 1.82) is 0 Å². The number of aromatic nitrogens is 1. The molecule has 41 heavy (non-hydrogen) atoms. The molecule has 1 aliphatic carbocycles. The number of nitrogens with zero attached hydrogens (tertiary/aromatic N) is 1. The van der Waals surface area contributed by atoms with E-state index < -0.39 is 0 Å². The molecule has 0 saturated carbocycles. The number of hydrogen-bond donors (Lipinski definition) is 2. The number of ketones is 1. The van der Waals surface area contributed by atoms with Gasteiger partial charge in [-0.2, -0.15) is 0 Å². The highest BCUT2D eigenvalue weighted by atomic mass is 16.5. The minimum atomic E-state index is -0.270. The van der Waals surface area contributed by atoms with E-state index in [2.05, 4.69) is 76.7 Å². The molecule has 4 aromatic carbocycles. The summed E-state index contributed by atoms with van der Waals surface area (Å²) in [5.74, 6) is 1.55. The number of nitrogens with one attached hydrogen (secondary N) is 2. The Bertz CT molecular complexity index is 1850. The number of carbonyl (C=O) groups excluding carboxylic acids is 1. The largest absolute Gasteiger partial charge is 0.493 e. The van der Waals surface area contributed by atoms with E-state index in [1.165, 1.54) is 21.8 Å². The highest BCUT2D eigenvalue weighted by molar-refractivity contribution is 6.08. The van der Waals surface area contributed by atoms with Gasteiger partial charge in [-0.3, -0.25) is 4.79 Å². The van der Waals surface area contributed by atoms with Crippen LogP contribution in [0.4, 0.5) is 11.4 Å². The van der Waals surface area contributed by atoms with Gasteiger partial charge in [0.15, 0.2) is 17.3 Å². The molecule has 0 spiro atoms. The molecule has 1 aliphatic heterocycles.